The first-order valence-electron chi connectivity index (χ1n) is 4.98. The van der Waals surface area contributed by atoms with Gasteiger partial charge in [0.15, 0.2) is 0 Å². The second-order valence-electron chi connectivity index (χ2n) is 3.52. The zero-order valence-corrected chi connectivity index (χ0v) is 10.9. The van der Waals surface area contributed by atoms with Crippen molar-refractivity contribution < 1.29 is 0 Å². The molecule has 1 aromatic heterocycles. The summed E-state index contributed by atoms with van der Waals surface area (Å²) in [6.45, 7) is 1.78. The summed E-state index contributed by atoms with van der Waals surface area (Å²) in [5.41, 5.74) is 2.34. The number of halogens is 1. The van der Waals surface area contributed by atoms with E-state index in [0.717, 1.165) is 0 Å². The van der Waals surface area contributed by atoms with Crippen molar-refractivity contribution in [1.82, 2.24) is 4.37 Å². The van der Waals surface area contributed by atoms with Gasteiger partial charge in [0.1, 0.15) is 16.6 Å². The third-order valence-electron chi connectivity index (χ3n) is 2.32. The molecule has 88 valence electrons. The van der Waals surface area contributed by atoms with Crippen molar-refractivity contribution >= 4 is 33.8 Å². The van der Waals surface area contributed by atoms with Crippen LogP contribution in [0.4, 0.5) is 10.7 Å². The van der Waals surface area contributed by atoms with Crippen LogP contribution in [0.3, 0.4) is 0 Å². The molecule has 0 aliphatic rings. The molecule has 0 amide bonds. The average Bonchev–Trinajstić information content (AvgIpc) is 2.72. The highest BCUT2D eigenvalue weighted by atomic mass is 35.5. The van der Waals surface area contributed by atoms with Gasteiger partial charge in [0.25, 0.3) is 0 Å². The molecule has 4 nitrogen and oxygen atoms in total. The summed E-state index contributed by atoms with van der Waals surface area (Å²) < 4.78 is 4.11. The van der Waals surface area contributed by atoms with Gasteiger partial charge in [0, 0.05) is 0 Å². The normalized spacial score (nSPS) is 9.56. The van der Waals surface area contributed by atoms with Crippen molar-refractivity contribution in [3.8, 4) is 12.1 Å². The second-order valence-corrected chi connectivity index (χ2v) is 4.70. The number of hydrogen-bond donors (Lipinski definition) is 1. The number of benzene rings is 1. The number of aryl methyl sites for hydroxylation is 1. The molecule has 0 bridgehead atoms. The first kappa shape index (κ1) is 12.4. The molecule has 6 heteroatoms. The summed E-state index contributed by atoms with van der Waals surface area (Å²) in [7, 11) is 0. The molecular formula is C12H7ClN4S. The SMILES string of the molecule is Cc1nsc(Nc2ccc(C#N)cc2Cl)c1C#N. The summed E-state index contributed by atoms with van der Waals surface area (Å²) >= 11 is 7.26. The van der Waals surface area contributed by atoms with Gasteiger partial charge < -0.3 is 5.32 Å². The van der Waals surface area contributed by atoms with Crippen LogP contribution in [-0.2, 0) is 0 Å². The molecule has 0 aliphatic carbocycles. The Hall–Kier alpha value is -2.08. The van der Waals surface area contributed by atoms with Crippen LogP contribution < -0.4 is 5.32 Å². The molecule has 2 rings (SSSR count). The minimum atomic E-state index is 0.434. The lowest BCUT2D eigenvalue weighted by atomic mass is 10.2. The van der Waals surface area contributed by atoms with Crippen LogP contribution in [-0.4, -0.2) is 4.37 Å². The number of anilines is 2. The van der Waals surface area contributed by atoms with Crippen molar-refractivity contribution in [2.75, 3.05) is 5.32 Å². The summed E-state index contributed by atoms with van der Waals surface area (Å²) in [4.78, 5) is 0. The van der Waals surface area contributed by atoms with E-state index in [9.17, 15) is 0 Å². The predicted molar refractivity (Wildman–Crippen MR) is 71.0 cm³/mol. The number of nitriles is 2. The highest BCUT2D eigenvalue weighted by Gasteiger charge is 2.11. The minimum absolute atomic E-state index is 0.434. The molecule has 0 aliphatic heterocycles. The Labute approximate surface area is 113 Å². The van der Waals surface area contributed by atoms with E-state index >= 15 is 0 Å². The number of aromatic nitrogens is 1. The van der Waals surface area contributed by atoms with Crippen molar-refractivity contribution in [3.63, 3.8) is 0 Å². The Kier molecular flexibility index (Phi) is 3.47. The second kappa shape index (κ2) is 5.05. The molecule has 0 saturated heterocycles. The standard InChI is InChI=1S/C12H7ClN4S/c1-7-9(6-15)12(18-17-7)16-11-3-2-8(5-14)4-10(11)13/h2-4,16H,1H3. The third kappa shape index (κ3) is 2.28. The van der Waals surface area contributed by atoms with Gasteiger partial charge in [-0.3, -0.25) is 0 Å². The largest absolute Gasteiger partial charge is 0.344 e. The van der Waals surface area contributed by atoms with E-state index in [4.69, 9.17) is 22.1 Å². The number of rotatable bonds is 2. The Balaban J connectivity index is 2.35. The van der Waals surface area contributed by atoms with Gasteiger partial charge in [0.2, 0.25) is 0 Å². The molecule has 0 radical (unpaired) electrons. The smallest absolute Gasteiger partial charge is 0.132 e. The first-order valence-corrected chi connectivity index (χ1v) is 6.14. The highest BCUT2D eigenvalue weighted by Crippen LogP contribution is 2.31. The predicted octanol–water partition coefficient (Wildman–Crippen LogP) is 3.59. The highest BCUT2D eigenvalue weighted by molar-refractivity contribution is 7.10. The fourth-order valence-electron chi connectivity index (χ4n) is 1.40. The fourth-order valence-corrected chi connectivity index (χ4v) is 2.38. The van der Waals surface area contributed by atoms with E-state index in [-0.39, 0.29) is 0 Å². The Morgan fingerprint density at radius 2 is 2.11 bits per heavy atom. The summed E-state index contributed by atoms with van der Waals surface area (Å²) in [5.74, 6) is 0. The van der Waals surface area contributed by atoms with E-state index < -0.39 is 0 Å². The molecule has 0 saturated carbocycles. The van der Waals surface area contributed by atoms with E-state index in [2.05, 4.69) is 15.8 Å². The molecule has 1 N–H and O–H groups in total. The topological polar surface area (TPSA) is 72.5 Å². The lowest BCUT2D eigenvalue weighted by Gasteiger charge is -2.06. The number of hydrogen-bond acceptors (Lipinski definition) is 5. The molecule has 18 heavy (non-hydrogen) atoms. The molecule has 1 aromatic carbocycles. The average molecular weight is 275 g/mol. The van der Waals surface area contributed by atoms with Gasteiger partial charge >= 0.3 is 0 Å². The molecule has 2 aromatic rings. The van der Waals surface area contributed by atoms with Crippen LogP contribution >= 0.6 is 23.1 Å². The maximum Gasteiger partial charge on any atom is 0.132 e. The zero-order valence-electron chi connectivity index (χ0n) is 9.36. The third-order valence-corrected chi connectivity index (χ3v) is 3.49. The number of nitrogens with one attached hydrogen (secondary N) is 1. The van der Waals surface area contributed by atoms with E-state index in [1.165, 1.54) is 11.5 Å². The lowest BCUT2D eigenvalue weighted by molar-refractivity contribution is 1.31. The quantitative estimate of drug-likeness (QED) is 0.908. The Morgan fingerprint density at radius 3 is 2.72 bits per heavy atom. The maximum absolute atomic E-state index is 9.02. The summed E-state index contributed by atoms with van der Waals surface area (Å²) in [6.07, 6.45) is 0. The van der Waals surface area contributed by atoms with Crippen LogP contribution in [0.2, 0.25) is 5.02 Å². The van der Waals surface area contributed by atoms with Gasteiger partial charge in [-0.1, -0.05) is 11.6 Å². The first-order chi connectivity index (χ1) is 8.65. The molecular weight excluding hydrogens is 268 g/mol. The number of nitrogens with zero attached hydrogens (tertiary/aromatic N) is 3. The van der Waals surface area contributed by atoms with Gasteiger partial charge in [-0.25, -0.2) is 0 Å². The minimum Gasteiger partial charge on any atom is -0.344 e. The summed E-state index contributed by atoms with van der Waals surface area (Å²) in [6, 6.07) is 9.05. The molecule has 0 atom stereocenters. The maximum atomic E-state index is 9.02. The Bertz CT molecular complexity index is 678. The van der Waals surface area contributed by atoms with Crippen LogP contribution in [0.5, 0.6) is 0 Å². The van der Waals surface area contributed by atoms with E-state index in [1.807, 2.05) is 6.07 Å². The van der Waals surface area contributed by atoms with Gasteiger partial charge in [0.05, 0.1) is 28.0 Å². The van der Waals surface area contributed by atoms with Crippen molar-refractivity contribution in [3.05, 3.63) is 40.0 Å². The van der Waals surface area contributed by atoms with Crippen LogP contribution in [0.15, 0.2) is 18.2 Å². The molecule has 0 fully saturated rings. The summed E-state index contributed by atoms with van der Waals surface area (Å²) in [5, 5.41) is 21.9. The van der Waals surface area contributed by atoms with Crippen molar-refractivity contribution in [2.24, 2.45) is 0 Å². The molecule has 0 spiro atoms. The van der Waals surface area contributed by atoms with Gasteiger partial charge in [-0.05, 0) is 36.7 Å². The van der Waals surface area contributed by atoms with E-state index in [0.29, 0.717) is 32.5 Å². The monoisotopic (exact) mass is 274 g/mol. The van der Waals surface area contributed by atoms with E-state index in [1.54, 1.807) is 25.1 Å². The van der Waals surface area contributed by atoms with Gasteiger partial charge in [-0.2, -0.15) is 14.9 Å². The van der Waals surface area contributed by atoms with Crippen LogP contribution in [0.1, 0.15) is 16.8 Å². The zero-order chi connectivity index (χ0) is 13.1. The fraction of sp³-hybridized carbons (Fsp3) is 0.0833. The van der Waals surface area contributed by atoms with Crippen molar-refractivity contribution in [1.29, 1.82) is 10.5 Å². The van der Waals surface area contributed by atoms with Crippen LogP contribution in [0.25, 0.3) is 0 Å². The van der Waals surface area contributed by atoms with Crippen molar-refractivity contribution in [2.45, 2.75) is 6.92 Å². The Morgan fingerprint density at radius 1 is 1.33 bits per heavy atom. The molecule has 0 unspecified atom stereocenters. The molecule has 1 heterocycles. The van der Waals surface area contributed by atoms with Gasteiger partial charge in [-0.15, -0.1) is 0 Å². The lowest BCUT2D eigenvalue weighted by Crippen LogP contribution is -1.92. The van der Waals surface area contributed by atoms with Crippen LogP contribution in [0, 0.1) is 29.6 Å².